The lowest BCUT2D eigenvalue weighted by molar-refractivity contribution is 0.415. The maximum absolute atomic E-state index is 12.0. The molecule has 4 rings (SSSR count). The summed E-state index contributed by atoms with van der Waals surface area (Å²) in [6.45, 7) is 3.98. The van der Waals surface area contributed by atoms with Gasteiger partial charge < -0.3 is 14.5 Å². The maximum Gasteiger partial charge on any atom is 0.336 e. The number of methoxy groups -OCH3 is 1. The number of aryl methyl sites for hydroxylation is 2. The van der Waals surface area contributed by atoms with E-state index in [0.717, 1.165) is 37.9 Å². The van der Waals surface area contributed by atoms with Gasteiger partial charge in [0.2, 0.25) is 5.13 Å². The van der Waals surface area contributed by atoms with Gasteiger partial charge in [-0.25, -0.2) is 4.79 Å². The highest BCUT2D eigenvalue weighted by molar-refractivity contribution is 8.00. The highest BCUT2D eigenvalue weighted by atomic mass is 32.2. The lowest BCUT2D eigenvalue weighted by Crippen LogP contribution is -2.01. The van der Waals surface area contributed by atoms with Gasteiger partial charge in [-0.3, -0.25) is 0 Å². The molecule has 2 heterocycles. The Morgan fingerprint density at radius 2 is 2.03 bits per heavy atom. The number of thioether (sulfide) groups is 1. The Hall–Kier alpha value is -2.84. The fourth-order valence-corrected chi connectivity index (χ4v) is 4.69. The zero-order valence-electron chi connectivity index (χ0n) is 16.2. The van der Waals surface area contributed by atoms with Gasteiger partial charge >= 0.3 is 5.63 Å². The molecule has 1 N–H and O–H groups in total. The molecular weight excluding hydrogens is 406 g/mol. The fourth-order valence-electron chi connectivity index (χ4n) is 2.93. The molecule has 4 aromatic rings. The Kier molecular flexibility index (Phi) is 5.55. The minimum absolute atomic E-state index is 0.334. The molecular formula is C21H19N3O3S2. The normalized spacial score (nSPS) is 11.0. The minimum Gasteiger partial charge on any atom is -0.497 e. The van der Waals surface area contributed by atoms with Gasteiger partial charge in [-0.1, -0.05) is 41.3 Å². The van der Waals surface area contributed by atoms with E-state index in [1.54, 1.807) is 24.9 Å². The van der Waals surface area contributed by atoms with E-state index in [1.165, 1.54) is 11.3 Å². The van der Waals surface area contributed by atoms with E-state index < -0.39 is 0 Å². The third kappa shape index (κ3) is 4.28. The van der Waals surface area contributed by atoms with Gasteiger partial charge in [-0.15, -0.1) is 10.2 Å². The van der Waals surface area contributed by atoms with Gasteiger partial charge in [-0.05, 0) is 42.7 Å². The lowest BCUT2D eigenvalue weighted by atomic mass is 10.0. The van der Waals surface area contributed by atoms with E-state index in [9.17, 15) is 4.79 Å². The second-order valence-electron chi connectivity index (χ2n) is 6.49. The second-order valence-corrected chi connectivity index (χ2v) is 8.69. The van der Waals surface area contributed by atoms with Gasteiger partial charge in [0.15, 0.2) is 4.34 Å². The Balaban J connectivity index is 1.52. The molecule has 0 unspecified atom stereocenters. The number of anilines is 2. The molecule has 0 aliphatic heterocycles. The SMILES string of the molecule is COc1cccc(Nc2nnc(SCc3cc(=O)oc4c(C)c(C)ccc34)s2)c1. The second kappa shape index (κ2) is 8.26. The number of hydrogen-bond donors (Lipinski definition) is 1. The summed E-state index contributed by atoms with van der Waals surface area (Å²) in [6, 6.07) is 13.2. The monoisotopic (exact) mass is 425 g/mol. The van der Waals surface area contributed by atoms with E-state index in [4.69, 9.17) is 9.15 Å². The van der Waals surface area contributed by atoms with Crippen LogP contribution in [0.1, 0.15) is 16.7 Å². The molecule has 0 bridgehead atoms. The highest BCUT2D eigenvalue weighted by Gasteiger charge is 2.12. The summed E-state index contributed by atoms with van der Waals surface area (Å²) >= 11 is 3.01. The van der Waals surface area contributed by atoms with Crippen molar-refractivity contribution in [3.05, 3.63) is 69.6 Å². The summed E-state index contributed by atoms with van der Waals surface area (Å²) in [5, 5.41) is 13.3. The number of ether oxygens (including phenoxy) is 1. The molecule has 0 aliphatic carbocycles. The third-order valence-electron chi connectivity index (χ3n) is 4.60. The predicted molar refractivity (Wildman–Crippen MR) is 118 cm³/mol. The van der Waals surface area contributed by atoms with Crippen LogP contribution in [0.2, 0.25) is 0 Å². The van der Waals surface area contributed by atoms with Gasteiger partial charge in [0, 0.05) is 29.0 Å². The number of hydrogen-bond acceptors (Lipinski definition) is 8. The lowest BCUT2D eigenvalue weighted by Gasteiger charge is -2.08. The Bertz CT molecular complexity index is 1230. The van der Waals surface area contributed by atoms with Crippen molar-refractivity contribution >= 4 is 44.9 Å². The van der Waals surface area contributed by atoms with E-state index in [2.05, 4.69) is 15.5 Å². The summed E-state index contributed by atoms with van der Waals surface area (Å²) in [4.78, 5) is 12.0. The standard InChI is InChI=1S/C21H19N3O3S2/c1-12-7-8-17-14(9-18(25)27-19(17)13(12)2)11-28-21-24-23-20(29-21)22-15-5-4-6-16(10-15)26-3/h4-10H,11H2,1-3H3,(H,22,23). The van der Waals surface area contributed by atoms with Crippen molar-refractivity contribution in [2.45, 2.75) is 23.9 Å². The topological polar surface area (TPSA) is 77.2 Å². The quantitative estimate of drug-likeness (QED) is 0.331. The Morgan fingerprint density at radius 1 is 1.17 bits per heavy atom. The molecule has 0 saturated carbocycles. The van der Waals surface area contributed by atoms with Gasteiger partial charge in [-0.2, -0.15) is 0 Å². The molecule has 0 aliphatic rings. The van der Waals surface area contributed by atoms with Gasteiger partial charge in [0.1, 0.15) is 11.3 Å². The molecule has 2 aromatic carbocycles. The largest absolute Gasteiger partial charge is 0.497 e. The van der Waals surface area contributed by atoms with Crippen LogP contribution in [0.15, 0.2) is 56.0 Å². The summed E-state index contributed by atoms with van der Waals surface area (Å²) < 4.78 is 11.5. The number of fused-ring (bicyclic) bond motifs is 1. The van der Waals surface area contributed by atoms with Crippen molar-refractivity contribution < 1.29 is 9.15 Å². The van der Waals surface area contributed by atoms with E-state index in [0.29, 0.717) is 16.5 Å². The number of benzene rings is 2. The molecule has 148 valence electrons. The first kappa shape index (κ1) is 19.5. The highest BCUT2D eigenvalue weighted by Crippen LogP contribution is 2.32. The molecule has 0 fully saturated rings. The van der Waals surface area contributed by atoms with E-state index in [1.807, 2.05) is 50.2 Å². The summed E-state index contributed by atoms with van der Waals surface area (Å²) in [5.74, 6) is 1.38. The van der Waals surface area contributed by atoms with Crippen LogP contribution in [-0.4, -0.2) is 17.3 Å². The average Bonchev–Trinajstić information content (AvgIpc) is 3.16. The van der Waals surface area contributed by atoms with Gasteiger partial charge in [0.05, 0.1) is 7.11 Å². The minimum atomic E-state index is -0.334. The van der Waals surface area contributed by atoms with Crippen molar-refractivity contribution in [2.75, 3.05) is 12.4 Å². The van der Waals surface area contributed by atoms with Crippen LogP contribution in [0.25, 0.3) is 11.0 Å². The molecule has 0 saturated heterocycles. The number of rotatable bonds is 6. The fraction of sp³-hybridized carbons (Fsp3) is 0.190. The first-order chi connectivity index (χ1) is 14.0. The smallest absolute Gasteiger partial charge is 0.336 e. The van der Waals surface area contributed by atoms with Crippen LogP contribution in [0, 0.1) is 13.8 Å². The molecule has 0 amide bonds. The molecule has 0 radical (unpaired) electrons. The molecule has 8 heteroatoms. The van der Waals surface area contributed by atoms with Crippen LogP contribution >= 0.6 is 23.1 Å². The summed E-state index contributed by atoms with van der Waals surface area (Å²) in [6.07, 6.45) is 0. The van der Waals surface area contributed by atoms with Gasteiger partial charge in [0.25, 0.3) is 0 Å². The van der Waals surface area contributed by atoms with Crippen molar-refractivity contribution in [2.24, 2.45) is 0 Å². The van der Waals surface area contributed by atoms with Crippen molar-refractivity contribution in [3.63, 3.8) is 0 Å². The zero-order valence-corrected chi connectivity index (χ0v) is 17.8. The van der Waals surface area contributed by atoms with Crippen LogP contribution in [-0.2, 0) is 5.75 Å². The maximum atomic E-state index is 12.0. The molecule has 29 heavy (non-hydrogen) atoms. The van der Waals surface area contributed by atoms with Crippen molar-refractivity contribution in [3.8, 4) is 5.75 Å². The zero-order chi connectivity index (χ0) is 20.4. The first-order valence-corrected chi connectivity index (χ1v) is 10.7. The number of nitrogens with zero attached hydrogens (tertiary/aromatic N) is 2. The molecule has 0 spiro atoms. The van der Waals surface area contributed by atoms with Crippen molar-refractivity contribution in [1.82, 2.24) is 10.2 Å². The number of aromatic nitrogens is 2. The number of nitrogens with one attached hydrogen (secondary N) is 1. The predicted octanol–water partition coefficient (Wildman–Crippen LogP) is 5.31. The third-order valence-corrected chi connectivity index (χ3v) is 6.62. The van der Waals surface area contributed by atoms with E-state index in [-0.39, 0.29) is 5.63 Å². The Labute approximate surface area is 175 Å². The average molecular weight is 426 g/mol. The molecule has 0 atom stereocenters. The summed E-state index contributed by atoms with van der Waals surface area (Å²) in [7, 11) is 1.63. The van der Waals surface area contributed by atoms with Crippen LogP contribution < -0.4 is 15.7 Å². The molecule has 2 aromatic heterocycles. The van der Waals surface area contributed by atoms with Crippen LogP contribution in [0.4, 0.5) is 10.8 Å². The Morgan fingerprint density at radius 3 is 2.86 bits per heavy atom. The molecule has 6 nitrogen and oxygen atoms in total. The van der Waals surface area contributed by atoms with Crippen molar-refractivity contribution in [1.29, 1.82) is 0 Å². The van der Waals surface area contributed by atoms with E-state index >= 15 is 0 Å². The first-order valence-electron chi connectivity index (χ1n) is 8.94. The van der Waals surface area contributed by atoms with Crippen LogP contribution in [0.3, 0.4) is 0 Å². The van der Waals surface area contributed by atoms with Crippen LogP contribution in [0.5, 0.6) is 5.75 Å². The summed E-state index contributed by atoms with van der Waals surface area (Å²) in [5.41, 5.74) is 4.23.